The molecule has 1 aromatic carbocycles. The fraction of sp³-hybridized carbons (Fsp3) is 0.667. The van der Waals surface area contributed by atoms with Crippen LogP contribution in [0.1, 0.15) is 65.0 Å². The summed E-state index contributed by atoms with van der Waals surface area (Å²) in [7, 11) is 0. The SMILES string of the molecule is CCCN1CCN(c2cccc(C)c2C2=CC(C)(C)CC(C)(C)C2)CC1.Cl. The molecule has 1 aliphatic heterocycles. The van der Waals surface area contributed by atoms with Crippen LogP contribution < -0.4 is 4.90 Å². The first kappa shape index (κ1) is 22.3. The zero-order valence-electron chi connectivity index (χ0n) is 18.3. The Hall–Kier alpha value is -0.990. The van der Waals surface area contributed by atoms with E-state index in [0.717, 1.165) is 13.1 Å². The van der Waals surface area contributed by atoms with Crippen LogP contribution in [0, 0.1) is 17.8 Å². The lowest BCUT2D eigenvalue weighted by molar-refractivity contribution is 0.228. The van der Waals surface area contributed by atoms with Gasteiger partial charge in [0.2, 0.25) is 0 Å². The van der Waals surface area contributed by atoms with Gasteiger partial charge in [-0.05, 0) is 60.8 Å². The first-order chi connectivity index (χ1) is 12.2. The first-order valence-electron chi connectivity index (χ1n) is 10.5. The van der Waals surface area contributed by atoms with Gasteiger partial charge in [0.1, 0.15) is 0 Å². The molecule has 1 heterocycles. The van der Waals surface area contributed by atoms with Crippen LogP contribution in [0.4, 0.5) is 5.69 Å². The Labute approximate surface area is 173 Å². The molecule has 0 bridgehead atoms. The molecule has 1 fully saturated rings. The maximum absolute atomic E-state index is 2.63. The minimum Gasteiger partial charge on any atom is -0.368 e. The molecule has 0 N–H and O–H groups in total. The molecule has 1 aromatic rings. The van der Waals surface area contributed by atoms with E-state index in [0.29, 0.717) is 5.41 Å². The molecular formula is C24H39ClN2. The molecule has 27 heavy (non-hydrogen) atoms. The van der Waals surface area contributed by atoms with E-state index >= 15 is 0 Å². The normalized spacial score (nSPS) is 22.1. The smallest absolute Gasteiger partial charge is 0.0446 e. The van der Waals surface area contributed by atoms with Crippen LogP contribution in [0.15, 0.2) is 24.3 Å². The maximum atomic E-state index is 2.63. The van der Waals surface area contributed by atoms with Gasteiger partial charge in [-0.2, -0.15) is 0 Å². The topological polar surface area (TPSA) is 6.48 Å². The third kappa shape index (κ3) is 5.29. The third-order valence-corrected chi connectivity index (χ3v) is 5.99. The number of anilines is 1. The van der Waals surface area contributed by atoms with E-state index in [2.05, 4.69) is 75.6 Å². The number of nitrogens with zero attached hydrogens (tertiary/aromatic N) is 2. The molecule has 152 valence electrons. The van der Waals surface area contributed by atoms with Gasteiger partial charge in [0.25, 0.3) is 0 Å². The molecule has 0 radical (unpaired) electrons. The highest BCUT2D eigenvalue weighted by atomic mass is 35.5. The Kier molecular flexibility index (Phi) is 7.08. The van der Waals surface area contributed by atoms with E-state index in [4.69, 9.17) is 0 Å². The first-order valence-corrected chi connectivity index (χ1v) is 10.5. The number of hydrogen-bond acceptors (Lipinski definition) is 2. The second kappa shape index (κ2) is 8.57. The predicted octanol–water partition coefficient (Wildman–Crippen LogP) is 6.18. The van der Waals surface area contributed by atoms with E-state index in [1.54, 1.807) is 5.57 Å². The number of allylic oxidation sites excluding steroid dienone is 2. The molecule has 0 spiro atoms. The largest absolute Gasteiger partial charge is 0.368 e. The lowest BCUT2D eigenvalue weighted by Crippen LogP contribution is -2.46. The summed E-state index contributed by atoms with van der Waals surface area (Å²) >= 11 is 0. The molecule has 0 unspecified atom stereocenters. The molecule has 0 amide bonds. The lowest BCUT2D eigenvalue weighted by Gasteiger charge is -2.42. The Morgan fingerprint density at radius 1 is 1.00 bits per heavy atom. The van der Waals surface area contributed by atoms with E-state index in [1.165, 1.54) is 55.7 Å². The molecule has 0 aromatic heterocycles. The Bertz CT molecular complexity index is 667. The number of piperazine rings is 1. The van der Waals surface area contributed by atoms with Gasteiger partial charge in [0.15, 0.2) is 0 Å². The van der Waals surface area contributed by atoms with E-state index in [-0.39, 0.29) is 17.8 Å². The van der Waals surface area contributed by atoms with Crippen LogP contribution in [0.2, 0.25) is 0 Å². The van der Waals surface area contributed by atoms with Crippen LogP contribution in [0.5, 0.6) is 0 Å². The molecule has 1 aliphatic carbocycles. The highest BCUT2D eigenvalue weighted by Gasteiger charge is 2.35. The summed E-state index contributed by atoms with van der Waals surface area (Å²) < 4.78 is 0. The quantitative estimate of drug-likeness (QED) is 0.605. The monoisotopic (exact) mass is 390 g/mol. The second-order valence-electron chi connectivity index (χ2n) is 9.97. The van der Waals surface area contributed by atoms with Gasteiger partial charge in [0.05, 0.1) is 0 Å². The van der Waals surface area contributed by atoms with Crippen molar-refractivity contribution in [2.24, 2.45) is 10.8 Å². The standard InChI is InChI=1S/C24H38N2.ClH/c1-7-11-25-12-14-26(15-13-25)21-10-8-9-19(2)22(21)20-16-23(3,4)18-24(5,6)17-20;/h8-10,16H,7,11-15,17-18H2,1-6H3;1H. The van der Waals surface area contributed by atoms with Crippen LogP contribution in [0.3, 0.4) is 0 Å². The minimum absolute atomic E-state index is 0. The molecule has 2 nitrogen and oxygen atoms in total. The van der Waals surface area contributed by atoms with Gasteiger partial charge in [0, 0.05) is 37.4 Å². The molecule has 3 heteroatoms. The highest BCUT2D eigenvalue weighted by Crippen LogP contribution is 2.49. The van der Waals surface area contributed by atoms with Crippen molar-refractivity contribution >= 4 is 23.7 Å². The van der Waals surface area contributed by atoms with Crippen molar-refractivity contribution in [3.63, 3.8) is 0 Å². The summed E-state index contributed by atoms with van der Waals surface area (Å²) in [5, 5.41) is 0. The second-order valence-corrected chi connectivity index (χ2v) is 9.97. The number of aryl methyl sites for hydroxylation is 1. The van der Waals surface area contributed by atoms with Gasteiger partial charge >= 0.3 is 0 Å². The Morgan fingerprint density at radius 2 is 1.67 bits per heavy atom. The van der Waals surface area contributed by atoms with E-state index in [9.17, 15) is 0 Å². The lowest BCUT2D eigenvalue weighted by atomic mass is 9.65. The maximum Gasteiger partial charge on any atom is 0.0446 e. The third-order valence-electron chi connectivity index (χ3n) is 5.99. The Morgan fingerprint density at radius 3 is 2.26 bits per heavy atom. The van der Waals surface area contributed by atoms with Crippen molar-refractivity contribution in [1.82, 2.24) is 4.90 Å². The average molecular weight is 391 g/mol. The summed E-state index contributed by atoms with van der Waals surface area (Å²) in [6, 6.07) is 6.89. The van der Waals surface area contributed by atoms with E-state index in [1.807, 2.05) is 0 Å². The van der Waals surface area contributed by atoms with Crippen molar-refractivity contribution in [3.05, 3.63) is 35.4 Å². The summed E-state index contributed by atoms with van der Waals surface area (Å²) in [5.74, 6) is 0. The highest BCUT2D eigenvalue weighted by molar-refractivity contribution is 5.85. The zero-order chi connectivity index (χ0) is 18.9. The number of halogens is 1. The molecule has 2 aliphatic rings. The van der Waals surface area contributed by atoms with E-state index < -0.39 is 0 Å². The van der Waals surface area contributed by atoms with Gasteiger partial charge in [-0.1, -0.05) is 52.8 Å². The Balaban J connectivity index is 0.00000261. The van der Waals surface area contributed by atoms with Crippen LogP contribution in [-0.4, -0.2) is 37.6 Å². The molecule has 0 saturated carbocycles. The molecule has 1 saturated heterocycles. The van der Waals surface area contributed by atoms with Gasteiger partial charge in [-0.15, -0.1) is 12.4 Å². The van der Waals surface area contributed by atoms with Gasteiger partial charge in [-0.25, -0.2) is 0 Å². The summed E-state index contributed by atoms with van der Waals surface area (Å²) in [6.07, 6.45) is 6.27. The van der Waals surface area contributed by atoms with Crippen molar-refractivity contribution in [2.45, 2.75) is 60.8 Å². The van der Waals surface area contributed by atoms with Crippen LogP contribution in [0.25, 0.3) is 5.57 Å². The summed E-state index contributed by atoms with van der Waals surface area (Å²) in [5.41, 5.74) is 6.61. The zero-order valence-corrected chi connectivity index (χ0v) is 19.1. The van der Waals surface area contributed by atoms with Crippen molar-refractivity contribution in [2.75, 3.05) is 37.6 Å². The fourth-order valence-electron chi connectivity index (χ4n) is 5.41. The van der Waals surface area contributed by atoms with Crippen LogP contribution in [-0.2, 0) is 0 Å². The minimum atomic E-state index is 0. The van der Waals surface area contributed by atoms with Gasteiger partial charge in [-0.3, -0.25) is 4.90 Å². The van der Waals surface area contributed by atoms with Crippen LogP contribution >= 0.6 is 12.4 Å². The number of hydrogen-bond donors (Lipinski definition) is 0. The van der Waals surface area contributed by atoms with Crippen molar-refractivity contribution in [3.8, 4) is 0 Å². The summed E-state index contributed by atoms with van der Waals surface area (Å²) in [6.45, 7) is 20.2. The van der Waals surface area contributed by atoms with Crippen molar-refractivity contribution < 1.29 is 0 Å². The molecular weight excluding hydrogens is 352 g/mol. The predicted molar refractivity (Wildman–Crippen MR) is 122 cm³/mol. The average Bonchev–Trinajstić information content (AvgIpc) is 2.52. The number of benzene rings is 1. The fourth-order valence-corrected chi connectivity index (χ4v) is 5.41. The van der Waals surface area contributed by atoms with Crippen molar-refractivity contribution in [1.29, 1.82) is 0 Å². The molecule has 0 atom stereocenters. The molecule has 3 rings (SSSR count). The number of rotatable bonds is 4. The van der Waals surface area contributed by atoms with Gasteiger partial charge < -0.3 is 4.90 Å². The summed E-state index contributed by atoms with van der Waals surface area (Å²) in [4.78, 5) is 5.24.